The molecule has 6 rings (SSSR count). The van der Waals surface area contributed by atoms with Gasteiger partial charge in [-0.3, -0.25) is 19.1 Å². The number of rotatable bonds is 10. The molecule has 1 saturated carbocycles. The van der Waals surface area contributed by atoms with Gasteiger partial charge in [0.1, 0.15) is 24.2 Å². The number of ketones is 2. The Morgan fingerprint density at radius 2 is 1.75 bits per heavy atom. The number of amides is 3. The second kappa shape index (κ2) is 13.8. The van der Waals surface area contributed by atoms with E-state index in [2.05, 4.69) is 26.2 Å². The minimum absolute atomic E-state index is 0.00332. The molecule has 3 aromatic carbocycles. The van der Waals surface area contributed by atoms with E-state index in [0.29, 0.717) is 45.7 Å². The van der Waals surface area contributed by atoms with Gasteiger partial charge >= 0.3 is 6.03 Å². The highest BCUT2D eigenvalue weighted by molar-refractivity contribution is 6.33. The molecule has 0 bridgehead atoms. The molecule has 0 aliphatic heterocycles. The number of hydrogen-bond acceptors (Lipinski definition) is 7. The number of urea groups is 1. The number of halogens is 2. The van der Waals surface area contributed by atoms with Gasteiger partial charge in [0.05, 0.1) is 17.7 Å². The van der Waals surface area contributed by atoms with Gasteiger partial charge in [-0.25, -0.2) is 9.18 Å². The lowest BCUT2D eigenvalue weighted by molar-refractivity contribution is -0.130. The van der Waals surface area contributed by atoms with Crippen LogP contribution in [0.15, 0.2) is 77.5 Å². The number of Topliss-reactive ketones (excluding diaryl/α,β-unsaturated/α-hetero) is 2. The molecular formula is C35H32ClFN6O5. The zero-order valence-corrected chi connectivity index (χ0v) is 26.9. The van der Waals surface area contributed by atoms with Gasteiger partial charge in [0.25, 0.3) is 0 Å². The average molecular weight is 671 g/mol. The van der Waals surface area contributed by atoms with E-state index in [-0.39, 0.29) is 47.5 Å². The minimum atomic E-state index is -0.684. The maximum atomic E-state index is 15.6. The average Bonchev–Trinajstić information content (AvgIpc) is 3.81. The number of nitrogens with one attached hydrogen (secondary N) is 3. The highest BCUT2D eigenvalue weighted by Gasteiger charge is 2.41. The second-order valence-electron chi connectivity index (χ2n) is 12.0. The van der Waals surface area contributed by atoms with Crippen molar-refractivity contribution in [2.24, 2.45) is 17.8 Å². The Bertz CT molecular complexity index is 2030. The Morgan fingerprint density at radius 3 is 2.50 bits per heavy atom. The number of benzene rings is 3. The number of hydrogen-bond donors (Lipinski definition) is 3. The van der Waals surface area contributed by atoms with Gasteiger partial charge in [-0.1, -0.05) is 54.0 Å². The summed E-state index contributed by atoms with van der Waals surface area (Å²) < 4.78 is 21.8. The van der Waals surface area contributed by atoms with Gasteiger partial charge in [0.2, 0.25) is 5.91 Å². The summed E-state index contributed by atoms with van der Waals surface area (Å²) in [5.41, 5.74) is 2.39. The summed E-state index contributed by atoms with van der Waals surface area (Å²) in [6, 6.07) is 17.7. The largest absolute Gasteiger partial charge is 0.364 e. The smallest absolute Gasteiger partial charge is 0.319 e. The summed E-state index contributed by atoms with van der Waals surface area (Å²) in [7, 11) is 0. The predicted molar refractivity (Wildman–Crippen MR) is 178 cm³/mol. The molecule has 11 nitrogen and oxygen atoms in total. The maximum Gasteiger partial charge on any atom is 0.319 e. The van der Waals surface area contributed by atoms with E-state index in [4.69, 9.17) is 16.1 Å². The number of anilines is 2. The Labute approximate surface area is 279 Å². The fourth-order valence-corrected chi connectivity index (χ4v) is 6.49. The fourth-order valence-electron chi connectivity index (χ4n) is 6.26. The molecule has 48 heavy (non-hydrogen) atoms. The molecule has 3 N–H and O–H groups in total. The molecule has 0 radical (unpaired) electrons. The van der Waals surface area contributed by atoms with Crippen molar-refractivity contribution in [2.45, 2.75) is 39.8 Å². The Morgan fingerprint density at radius 1 is 0.979 bits per heavy atom. The Hall–Kier alpha value is -5.36. The third-order valence-corrected chi connectivity index (χ3v) is 8.87. The fraction of sp³-hybridized carbons (Fsp3) is 0.257. The first-order valence-electron chi connectivity index (χ1n) is 15.4. The van der Waals surface area contributed by atoms with Crippen LogP contribution in [0.25, 0.3) is 22.0 Å². The summed E-state index contributed by atoms with van der Waals surface area (Å²) >= 11 is 6.30. The molecule has 13 heteroatoms. The molecular weight excluding hydrogens is 639 g/mol. The SMILES string of the molecule is CC(=O)c1nn(CC(=O)[C@@H]2C[C@H](C)C[C@@H]2C(=O)Nc2cccc(-c3ccccc3Cl)c2F)c2ccc(NC(=O)NCc3ccon3)cc12. The van der Waals surface area contributed by atoms with Gasteiger partial charge in [-0.05, 0) is 49.1 Å². The van der Waals surface area contributed by atoms with E-state index in [0.717, 1.165) is 0 Å². The monoisotopic (exact) mass is 670 g/mol. The van der Waals surface area contributed by atoms with Gasteiger partial charge < -0.3 is 20.5 Å². The van der Waals surface area contributed by atoms with Crippen molar-refractivity contribution in [1.29, 1.82) is 0 Å². The van der Waals surface area contributed by atoms with Crippen LogP contribution in [0.1, 0.15) is 42.9 Å². The van der Waals surface area contributed by atoms with Crippen molar-refractivity contribution in [2.75, 3.05) is 10.6 Å². The summed E-state index contributed by atoms with van der Waals surface area (Å²) in [4.78, 5) is 52.3. The van der Waals surface area contributed by atoms with E-state index in [1.165, 1.54) is 23.9 Å². The number of carbonyl (C=O) groups excluding carboxylic acids is 4. The number of nitrogens with zero attached hydrogens (tertiary/aromatic N) is 3. The third-order valence-electron chi connectivity index (χ3n) is 8.54. The first kappa shape index (κ1) is 32.6. The molecule has 2 heterocycles. The van der Waals surface area contributed by atoms with Gasteiger partial charge in [-0.2, -0.15) is 5.10 Å². The van der Waals surface area contributed by atoms with Crippen LogP contribution in [0, 0.1) is 23.6 Å². The van der Waals surface area contributed by atoms with Crippen LogP contribution in [0.3, 0.4) is 0 Å². The van der Waals surface area contributed by atoms with E-state index >= 15 is 4.39 Å². The molecule has 1 aliphatic carbocycles. The van der Waals surface area contributed by atoms with Crippen molar-refractivity contribution in [3.8, 4) is 11.1 Å². The lowest BCUT2D eigenvalue weighted by Crippen LogP contribution is -2.32. The highest BCUT2D eigenvalue weighted by Crippen LogP contribution is 2.39. The second-order valence-corrected chi connectivity index (χ2v) is 12.4. The minimum Gasteiger partial charge on any atom is -0.364 e. The Kier molecular flexibility index (Phi) is 9.35. The topological polar surface area (TPSA) is 148 Å². The molecule has 5 aromatic rings. The molecule has 1 fully saturated rings. The molecule has 1 aliphatic rings. The standard InChI is InChI=1S/C35H32ClFN6O5/c1-19-14-25(26(15-19)34(46)40-29-9-5-7-24(32(29)37)23-6-3-4-8-28(23)36)31(45)18-43-30-11-10-21(16-27(30)33(41-43)20(2)44)39-35(47)38-17-22-12-13-48-42-22/h3-13,16,19,25-26H,14-15,17-18H2,1-2H3,(H,40,46)(H2,38,39,47)/t19-,25+,26-/m0/s1. The maximum absolute atomic E-state index is 15.6. The van der Waals surface area contributed by atoms with Crippen LogP contribution in [0.2, 0.25) is 5.02 Å². The van der Waals surface area contributed by atoms with Crippen molar-refractivity contribution in [1.82, 2.24) is 20.3 Å². The third kappa shape index (κ3) is 6.84. The molecule has 3 amide bonds. The molecule has 2 aromatic heterocycles. The van der Waals surface area contributed by atoms with Crippen LogP contribution in [-0.4, -0.2) is 38.4 Å². The lowest BCUT2D eigenvalue weighted by Gasteiger charge is -2.19. The molecule has 0 saturated heterocycles. The zero-order valence-electron chi connectivity index (χ0n) is 26.1. The van der Waals surface area contributed by atoms with Crippen LogP contribution in [-0.2, 0) is 22.7 Å². The van der Waals surface area contributed by atoms with E-state index in [1.54, 1.807) is 60.7 Å². The van der Waals surface area contributed by atoms with Crippen LogP contribution >= 0.6 is 11.6 Å². The summed E-state index contributed by atoms with van der Waals surface area (Å²) in [5, 5.41) is 17.1. The normalized spacial score (nSPS) is 17.3. The van der Waals surface area contributed by atoms with Crippen molar-refractivity contribution in [3.63, 3.8) is 0 Å². The molecule has 3 atom stereocenters. The number of aromatic nitrogens is 3. The quantitative estimate of drug-likeness (QED) is 0.137. The van der Waals surface area contributed by atoms with Gasteiger partial charge in [-0.15, -0.1) is 0 Å². The van der Waals surface area contributed by atoms with Crippen LogP contribution in [0.5, 0.6) is 0 Å². The van der Waals surface area contributed by atoms with Gasteiger partial charge in [0.15, 0.2) is 17.4 Å². The van der Waals surface area contributed by atoms with E-state index in [9.17, 15) is 19.2 Å². The molecule has 246 valence electrons. The Balaban J connectivity index is 1.18. The zero-order chi connectivity index (χ0) is 33.9. The summed E-state index contributed by atoms with van der Waals surface area (Å²) in [5.74, 6) is -2.83. The van der Waals surface area contributed by atoms with Crippen LogP contribution < -0.4 is 16.0 Å². The molecule has 0 spiro atoms. The first-order valence-corrected chi connectivity index (χ1v) is 15.8. The van der Waals surface area contributed by atoms with Gasteiger partial charge in [0, 0.05) is 52.0 Å². The molecule has 0 unspecified atom stereocenters. The summed E-state index contributed by atoms with van der Waals surface area (Å²) in [6.07, 6.45) is 2.34. The van der Waals surface area contributed by atoms with E-state index < -0.39 is 29.6 Å². The lowest BCUT2D eigenvalue weighted by atomic mass is 9.90. The number of carbonyl (C=O) groups is 4. The first-order chi connectivity index (χ1) is 23.1. The highest BCUT2D eigenvalue weighted by atomic mass is 35.5. The van der Waals surface area contributed by atoms with Crippen LogP contribution in [0.4, 0.5) is 20.6 Å². The predicted octanol–water partition coefficient (Wildman–Crippen LogP) is 6.88. The van der Waals surface area contributed by atoms with E-state index in [1.807, 2.05) is 6.92 Å². The van der Waals surface area contributed by atoms with Crippen molar-refractivity contribution >= 4 is 57.4 Å². The number of fused-ring (bicyclic) bond motifs is 1. The van der Waals surface area contributed by atoms with Crippen molar-refractivity contribution in [3.05, 3.63) is 95.2 Å². The van der Waals surface area contributed by atoms with Crippen molar-refractivity contribution < 1.29 is 28.1 Å². The summed E-state index contributed by atoms with van der Waals surface area (Å²) in [6.45, 7) is 3.33.